The summed E-state index contributed by atoms with van der Waals surface area (Å²) in [6, 6.07) is 31.8. The third-order valence-corrected chi connectivity index (χ3v) is 6.88. The molecule has 0 atom stereocenters. The van der Waals surface area contributed by atoms with Gasteiger partial charge in [0, 0.05) is 22.1 Å². The molecule has 0 fully saturated rings. The van der Waals surface area contributed by atoms with Crippen molar-refractivity contribution in [2.45, 2.75) is 5.16 Å². The summed E-state index contributed by atoms with van der Waals surface area (Å²) in [5.41, 5.74) is 8.07. The van der Waals surface area contributed by atoms with Crippen LogP contribution in [-0.2, 0) is 0 Å². The van der Waals surface area contributed by atoms with Gasteiger partial charge in [0.15, 0.2) is 15.5 Å². The molecule has 0 radical (unpaired) electrons. The van der Waals surface area contributed by atoms with Crippen molar-refractivity contribution < 1.29 is 0 Å². The van der Waals surface area contributed by atoms with Crippen molar-refractivity contribution in [3.63, 3.8) is 0 Å². The molecule has 0 saturated heterocycles. The zero-order valence-corrected chi connectivity index (χ0v) is 24.5. The van der Waals surface area contributed by atoms with Gasteiger partial charge in [0.1, 0.15) is 23.3 Å². The van der Waals surface area contributed by atoms with Crippen LogP contribution in [0.1, 0.15) is 11.1 Å². The van der Waals surface area contributed by atoms with Crippen molar-refractivity contribution in [1.29, 1.82) is 10.5 Å². The second kappa shape index (κ2) is 14.6. The van der Waals surface area contributed by atoms with Gasteiger partial charge in [-0.15, -0.1) is 0 Å². The number of hydrogen-bond acceptors (Lipinski definition) is 9. The van der Waals surface area contributed by atoms with E-state index in [2.05, 4.69) is 37.4 Å². The standard InChI is InChI=1S/C15H9ClN4.C10H9N.C6H4ClN3S/c16-14-11(8-17)9-18-15(20-14)19-13-7-3-5-10-4-1-2-6-12(10)13;11-10-7-3-5-8-4-1-2-6-9(8)10;1-11-6-9-3-4(2-8)5(7)10-6/h1-7,9H,(H,18,19,20);1-7H,11H2;3H,1H3. The molecule has 6 aromatic rings. The number of fused-ring (bicyclic) bond motifs is 2. The first-order valence-corrected chi connectivity index (χ1v) is 14.3. The van der Waals surface area contributed by atoms with Gasteiger partial charge in [-0.2, -0.15) is 15.5 Å². The molecule has 0 bridgehead atoms. The van der Waals surface area contributed by atoms with Crippen molar-refractivity contribution in [2.75, 3.05) is 17.3 Å². The summed E-state index contributed by atoms with van der Waals surface area (Å²) in [7, 11) is 0. The quantitative estimate of drug-likeness (QED) is 0.0883. The lowest BCUT2D eigenvalue weighted by molar-refractivity contribution is 0.964. The summed E-state index contributed by atoms with van der Waals surface area (Å²) in [6.45, 7) is 0. The zero-order valence-electron chi connectivity index (χ0n) is 22.2. The maximum absolute atomic E-state index is 8.81. The first-order valence-electron chi connectivity index (χ1n) is 12.3. The molecular formula is C31H22Cl2N8S. The molecule has 0 amide bonds. The number of hydrogen-bond donors (Lipinski definition) is 2. The number of thioether (sulfide) groups is 1. The monoisotopic (exact) mass is 608 g/mol. The van der Waals surface area contributed by atoms with Crippen LogP contribution in [0.4, 0.5) is 17.3 Å². The highest BCUT2D eigenvalue weighted by molar-refractivity contribution is 7.98. The minimum atomic E-state index is 0.144. The largest absolute Gasteiger partial charge is 0.398 e. The Morgan fingerprint density at radius 3 is 1.86 bits per heavy atom. The van der Waals surface area contributed by atoms with Crippen LogP contribution in [0.3, 0.4) is 0 Å². The van der Waals surface area contributed by atoms with Gasteiger partial charge in [-0.05, 0) is 29.2 Å². The Morgan fingerprint density at radius 1 is 0.714 bits per heavy atom. The van der Waals surface area contributed by atoms with Crippen molar-refractivity contribution >= 4 is 73.8 Å². The number of nitriles is 2. The molecular weight excluding hydrogens is 587 g/mol. The van der Waals surface area contributed by atoms with Crippen LogP contribution in [0.2, 0.25) is 10.3 Å². The minimum absolute atomic E-state index is 0.144. The average Bonchev–Trinajstić information content (AvgIpc) is 3.02. The molecule has 0 aliphatic carbocycles. The van der Waals surface area contributed by atoms with Crippen LogP contribution in [0.25, 0.3) is 21.5 Å². The predicted octanol–water partition coefficient (Wildman–Crippen LogP) is 8.04. The number of anilines is 3. The number of nitrogens with zero attached hydrogens (tertiary/aromatic N) is 6. The van der Waals surface area contributed by atoms with Gasteiger partial charge < -0.3 is 11.1 Å². The zero-order chi connectivity index (χ0) is 29.9. The van der Waals surface area contributed by atoms with E-state index in [9.17, 15) is 0 Å². The normalized spacial score (nSPS) is 9.93. The first kappa shape index (κ1) is 30.0. The summed E-state index contributed by atoms with van der Waals surface area (Å²) >= 11 is 12.9. The fraction of sp³-hybridized carbons (Fsp3) is 0.0323. The Bertz CT molecular complexity index is 1930. The molecule has 2 aromatic heterocycles. The number of nitrogens with one attached hydrogen (secondary N) is 1. The first-order chi connectivity index (χ1) is 20.4. The van der Waals surface area contributed by atoms with E-state index in [1.54, 1.807) is 0 Å². The molecule has 8 nitrogen and oxygen atoms in total. The SMILES string of the molecule is CSc1ncc(C#N)c(Cl)n1.N#Cc1cnc(Nc2cccc3ccccc23)nc1Cl.Nc1cccc2ccccc12. The maximum atomic E-state index is 8.81. The summed E-state index contributed by atoms with van der Waals surface area (Å²) in [5.74, 6) is 0.366. The van der Waals surface area contributed by atoms with E-state index in [4.69, 9.17) is 39.5 Å². The molecule has 0 spiro atoms. The molecule has 0 unspecified atom stereocenters. The predicted molar refractivity (Wildman–Crippen MR) is 171 cm³/mol. The van der Waals surface area contributed by atoms with Crippen LogP contribution in [-0.4, -0.2) is 26.2 Å². The third-order valence-electron chi connectivity index (χ3n) is 5.75. The van der Waals surface area contributed by atoms with Crippen molar-refractivity contribution in [3.8, 4) is 12.1 Å². The Labute approximate surface area is 256 Å². The fourth-order valence-corrected chi connectivity index (χ4v) is 4.45. The van der Waals surface area contributed by atoms with Gasteiger partial charge in [-0.3, -0.25) is 0 Å². The van der Waals surface area contributed by atoms with Crippen LogP contribution in [0.5, 0.6) is 0 Å². The van der Waals surface area contributed by atoms with Gasteiger partial charge in [0.25, 0.3) is 0 Å². The summed E-state index contributed by atoms with van der Waals surface area (Å²) in [6.07, 6.45) is 4.67. The van der Waals surface area contributed by atoms with E-state index >= 15 is 0 Å². The smallest absolute Gasteiger partial charge is 0.228 e. The maximum Gasteiger partial charge on any atom is 0.228 e. The summed E-state index contributed by atoms with van der Waals surface area (Å²) in [4.78, 5) is 15.9. The van der Waals surface area contributed by atoms with Crippen molar-refractivity contribution in [1.82, 2.24) is 19.9 Å². The van der Waals surface area contributed by atoms with Gasteiger partial charge >= 0.3 is 0 Å². The molecule has 206 valence electrons. The molecule has 0 aliphatic heterocycles. The molecule has 0 aliphatic rings. The Hall–Kier alpha value is -4.93. The lowest BCUT2D eigenvalue weighted by atomic mass is 10.1. The van der Waals surface area contributed by atoms with E-state index in [0.29, 0.717) is 16.7 Å². The van der Waals surface area contributed by atoms with Gasteiger partial charge in [-0.1, -0.05) is 108 Å². The third kappa shape index (κ3) is 7.62. The van der Waals surface area contributed by atoms with Gasteiger partial charge in [0.05, 0.1) is 12.4 Å². The number of halogens is 2. The highest BCUT2D eigenvalue weighted by Gasteiger charge is 2.06. The van der Waals surface area contributed by atoms with Crippen LogP contribution >= 0.6 is 35.0 Å². The second-order valence-corrected chi connectivity index (χ2v) is 9.89. The lowest BCUT2D eigenvalue weighted by Gasteiger charge is -2.08. The Morgan fingerprint density at radius 2 is 1.26 bits per heavy atom. The minimum Gasteiger partial charge on any atom is -0.398 e. The molecule has 11 heteroatoms. The van der Waals surface area contributed by atoms with E-state index in [1.807, 2.05) is 91.2 Å². The van der Waals surface area contributed by atoms with Crippen molar-refractivity contribution in [3.05, 3.63) is 119 Å². The summed E-state index contributed by atoms with van der Waals surface area (Å²) in [5, 5.41) is 25.9. The van der Waals surface area contributed by atoms with Crippen LogP contribution in [0.15, 0.2) is 102 Å². The Balaban J connectivity index is 0.000000157. The number of rotatable bonds is 3. The van der Waals surface area contributed by atoms with Gasteiger partial charge in [0.2, 0.25) is 5.95 Å². The van der Waals surface area contributed by atoms with E-state index in [-0.39, 0.29) is 15.9 Å². The molecule has 6 rings (SSSR count). The number of aromatic nitrogens is 4. The van der Waals surface area contributed by atoms with E-state index in [0.717, 1.165) is 27.5 Å². The molecule has 3 N–H and O–H groups in total. The average molecular weight is 610 g/mol. The molecule has 4 aromatic carbocycles. The van der Waals surface area contributed by atoms with E-state index in [1.165, 1.54) is 29.5 Å². The lowest BCUT2D eigenvalue weighted by Crippen LogP contribution is -1.98. The van der Waals surface area contributed by atoms with Gasteiger partial charge in [-0.25, -0.2) is 15.0 Å². The van der Waals surface area contributed by atoms with Crippen molar-refractivity contribution in [2.24, 2.45) is 0 Å². The molecule has 0 saturated carbocycles. The fourth-order valence-electron chi connectivity index (χ4n) is 3.72. The second-order valence-electron chi connectivity index (χ2n) is 8.40. The summed E-state index contributed by atoms with van der Waals surface area (Å²) < 4.78 is 0. The number of benzene rings is 4. The molecule has 42 heavy (non-hydrogen) atoms. The molecule has 2 heterocycles. The topological polar surface area (TPSA) is 137 Å². The highest BCUT2D eigenvalue weighted by atomic mass is 35.5. The number of nitrogen functional groups attached to an aromatic ring is 1. The highest BCUT2D eigenvalue weighted by Crippen LogP contribution is 2.26. The number of nitrogens with two attached hydrogens (primary N) is 1. The van der Waals surface area contributed by atoms with E-state index < -0.39 is 0 Å². The van der Waals surface area contributed by atoms with Crippen LogP contribution < -0.4 is 11.1 Å². The Kier molecular flexibility index (Phi) is 10.5. The van der Waals surface area contributed by atoms with Crippen LogP contribution in [0, 0.1) is 22.7 Å².